The summed E-state index contributed by atoms with van der Waals surface area (Å²) in [6.07, 6.45) is -0.0299. The van der Waals surface area contributed by atoms with E-state index in [0.717, 1.165) is 0 Å². The minimum atomic E-state index is -0.966. The average molecular weight is 225 g/mol. The second-order valence-electron chi connectivity index (χ2n) is 3.86. The first-order valence-corrected chi connectivity index (χ1v) is 5.02. The van der Waals surface area contributed by atoms with Gasteiger partial charge in [-0.3, -0.25) is 9.59 Å². The van der Waals surface area contributed by atoms with Crippen molar-refractivity contribution in [2.45, 2.75) is 32.6 Å². The van der Waals surface area contributed by atoms with Crippen LogP contribution in [0.5, 0.6) is 0 Å². The number of aliphatic carboxylic acids is 1. The van der Waals surface area contributed by atoms with Gasteiger partial charge in [0.15, 0.2) is 0 Å². The van der Waals surface area contributed by atoms with E-state index in [1.165, 1.54) is 0 Å². The molecular formula is C10H15N3O3. The summed E-state index contributed by atoms with van der Waals surface area (Å²) in [5, 5.41) is 8.53. The summed E-state index contributed by atoms with van der Waals surface area (Å²) < 4.78 is 0. The van der Waals surface area contributed by atoms with Gasteiger partial charge in [0.2, 0.25) is 0 Å². The second-order valence-corrected chi connectivity index (χ2v) is 3.86. The lowest BCUT2D eigenvalue weighted by molar-refractivity contribution is -0.136. The third-order valence-electron chi connectivity index (χ3n) is 2.20. The Bertz CT molecular complexity index is 451. The largest absolute Gasteiger partial charge is 0.481 e. The summed E-state index contributed by atoms with van der Waals surface area (Å²) in [5.41, 5.74) is 5.51. The van der Waals surface area contributed by atoms with Crippen LogP contribution >= 0.6 is 0 Å². The van der Waals surface area contributed by atoms with Crippen molar-refractivity contribution in [1.82, 2.24) is 9.97 Å². The third-order valence-corrected chi connectivity index (χ3v) is 2.20. The molecule has 0 saturated carbocycles. The summed E-state index contributed by atoms with van der Waals surface area (Å²) in [6, 6.07) is 0. The Morgan fingerprint density at radius 2 is 2.19 bits per heavy atom. The molecule has 0 unspecified atom stereocenters. The Morgan fingerprint density at radius 3 is 2.62 bits per heavy atom. The summed E-state index contributed by atoms with van der Waals surface area (Å²) in [5.74, 6) is -0.259. The van der Waals surface area contributed by atoms with Gasteiger partial charge in [-0.05, 0) is 6.42 Å². The zero-order valence-corrected chi connectivity index (χ0v) is 9.28. The van der Waals surface area contributed by atoms with Crippen molar-refractivity contribution in [1.29, 1.82) is 0 Å². The van der Waals surface area contributed by atoms with E-state index >= 15 is 0 Å². The number of hydrogen-bond acceptors (Lipinski definition) is 4. The van der Waals surface area contributed by atoms with Gasteiger partial charge in [0, 0.05) is 12.3 Å². The SMILES string of the molecule is CC(C)c1nc(N)c(CCC(=O)O)c(=O)[nH]1. The van der Waals surface area contributed by atoms with Crippen molar-refractivity contribution < 1.29 is 9.90 Å². The Morgan fingerprint density at radius 1 is 1.56 bits per heavy atom. The van der Waals surface area contributed by atoms with Gasteiger partial charge in [-0.15, -0.1) is 0 Å². The molecule has 16 heavy (non-hydrogen) atoms. The number of carbonyl (C=O) groups is 1. The normalized spacial score (nSPS) is 10.7. The maximum atomic E-state index is 11.6. The van der Waals surface area contributed by atoms with E-state index < -0.39 is 5.97 Å². The van der Waals surface area contributed by atoms with Crippen LogP contribution in [0.1, 0.15) is 37.6 Å². The van der Waals surface area contributed by atoms with Crippen molar-refractivity contribution in [2.75, 3.05) is 5.73 Å². The zero-order chi connectivity index (χ0) is 12.3. The van der Waals surface area contributed by atoms with Gasteiger partial charge in [-0.2, -0.15) is 0 Å². The van der Waals surface area contributed by atoms with Gasteiger partial charge in [-0.1, -0.05) is 13.8 Å². The molecule has 6 heteroatoms. The van der Waals surface area contributed by atoms with Crippen molar-refractivity contribution >= 4 is 11.8 Å². The fraction of sp³-hybridized carbons (Fsp3) is 0.500. The van der Waals surface area contributed by atoms with Crippen molar-refractivity contribution in [3.05, 3.63) is 21.7 Å². The minimum Gasteiger partial charge on any atom is -0.481 e. The predicted octanol–water partition coefficient (Wildman–Crippen LogP) is 0.493. The molecule has 1 aromatic rings. The van der Waals surface area contributed by atoms with Crippen LogP contribution in [0.25, 0.3) is 0 Å². The lowest BCUT2D eigenvalue weighted by Crippen LogP contribution is -2.21. The summed E-state index contributed by atoms with van der Waals surface area (Å²) in [4.78, 5) is 28.6. The van der Waals surface area contributed by atoms with Crippen molar-refractivity contribution in [2.24, 2.45) is 0 Å². The van der Waals surface area contributed by atoms with Crippen LogP contribution < -0.4 is 11.3 Å². The van der Waals surface area contributed by atoms with E-state index in [-0.39, 0.29) is 35.7 Å². The quantitative estimate of drug-likeness (QED) is 0.691. The predicted molar refractivity (Wildman–Crippen MR) is 59.3 cm³/mol. The number of rotatable bonds is 4. The highest BCUT2D eigenvalue weighted by molar-refractivity contribution is 5.67. The van der Waals surface area contributed by atoms with Crippen LogP contribution in [0, 0.1) is 0 Å². The van der Waals surface area contributed by atoms with E-state index in [1.54, 1.807) is 0 Å². The first-order chi connectivity index (χ1) is 7.41. The fourth-order valence-corrected chi connectivity index (χ4v) is 1.28. The van der Waals surface area contributed by atoms with Gasteiger partial charge in [0.05, 0.1) is 5.56 Å². The molecule has 0 aliphatic heterocycles. The van der Waals surface area contributed by atoms with Gasteiger partial charge in [0.1, 0.15) is 11.6 Å². The Labute approximate surface area is 92.5 Å². The number of carboxylic acid groups (broad SMARTS) is 1. The number of aromatic amines is 1. The molecule has 0 aliphatic carbocycles. The molecule has 6 nitrogen and oxygen atoms in total. The lowest BCUT2D eigenvalue weighted by Gasteiger charge is -2.08. The first-order valence-electron chi connectivity index (χ1n) is 5.02. The molecule has 0 aliphatic rings. The molecule has 4 N–H and O–H groups in total. The fourth-order valence-electron chi connectivity index (χ4n) is 1.28. The smallest absolute Gasteiger partial charge is 0.303 e. The number of carboxylic acids is 1. The van der Waals surface area contributed by atoms with Crippen molar-refractivity contribution in [3.63, 3.8) is 0 Å². The lowest BCUT2D eigenvalue weighted by atomic mass is 10.1. The van der Waals surface area contributed by atoms with E-state index in [1.807, 2.05) is 13.8 Å². The highest BCUT2D eigenvalue weighted by Crippen LogP contribution is 2.11. The molecule has 0 fully saturated rings. The summed E-state index contributed by atoms with van der Waals surface area (Å²) in [7, 11) is 0. The van der Waals surface area contributed by atoms with Crippen LogP contribution in [0.2, 0.25) is 0 Å². The number of nitrogens with two attached hydrogens (primary N) is 1. The van der Waals surface area contributed by atoms with E-state index in [2.05, 4.69) is 9.97 Å². The molecule has 0 spiro atoms. The second kappa shape index (κ2) is 4.78. The van der Waals surface area contributed by atoms with Crippen LogP contribution in [-0.2, 0) is 11.2 Å². The van der Waals surface area contributed by atoms with Crippen LogP contribution in [-0.4, -0.2) is 21.0 Å². The highest BCUT2D eigenvalue weighted by atomic mass is 16.4. The zero-order valence-electron chi connectivity index (χ0n) is 9.28. The number of nitrogen functional groups attached to an aromatic ring is 1. The molecular weight excluding hydrogens is 210 g/mol. The van der Waals surface area contributed by atoms with Crippen molar-refractivity contribution in [3.8, 4) is 0 Å². The van der Waals surface area contributed by atoms with Gasteiger partial charge < -0.3 is 15.8 Å². The standard InChI is InChI=1S/C10H15N3O3/c1-5(2)9-12-8(11)6(10(16)13-9)3-4-7(14)15/h5H,3-4H2,1-2H3,(H,14,15)(H3,11,12,13,16). The number of nitrogens with zero attached hydrogens (tertiary/aromatic N) is 1. The average Bonchev–Trinajstić information content (AvgIpc) is 2.15. The topological polar surface area (TPSA) is 109 Å². The number of nitrogens with one attached hydrogen (secondary N) is 1. The molecule has 0 amide bonds. The number of anilines is 1. The molecule has 88 valence electrons. The molecule has 0 bridgehead atoms. The number of aromatic nitrogens is 2. The van der Waals surface area contributed by atoms with Gasteiger partial charge in [0.25, 0.3) is 5.56 Å². The Hall–Kier alpha value is -1.85. The van der Waals surface area contributed by atoms with E-state index in [4.69, 9.17) is 10.8 Å². The Kier molecular flexibility index (Phi) is 3.65. The highest BCUT2D eigenvalue weighted by Gasteiger charge is 2.12. The van der Waals surface area contributed by atoms with Gasteiger partial charge >= 0.3 is 5.97 Å². The molecule has 1 rings (SSSR count). The third kappa shape index (κ3) is 2.82. The summed E-state index contributed by atoms with van der Waals surface area (Å²) >= 11 is 0. The van der Waals surface area contributed by atoms with Crippen LogP contribution in [0.15, 0.2) is 4.79 Å². The monoisotopic (exact) mass is 225 g/mol. The molecule has 1 aromatic heterocycles. The van der Waals surface area contributed by atoms with E-state index in [0.29, 0.717) is 5.82 Å². The maximum Gasteiger partial charge on any atom is 0.303 e. The first kappa shape index (κ1) is 12.2. The maximum absolute atomic E-state index is 11.6. The number of hydrogen-bond donors (Lipinski definition) is 3. The number of H-pyrrole nitrogens is 1. The molecule has 0 atom stereocenters. The van der Waals surface area contributed by atoms with E-state index in [9.17, 15) is 9.59 Å². The Balaban J connectivity index is 3.03. The molecule has 0 saturated heterocycles. The summed E-state index contributed by atoms with van der Waals surface area (Å²) in [6.45, 7) is 3.77. The van der Waals surface area contributed by atoms with Gasteiger partial charge in [-0.25, -0.2) is 4.98 Å². The molecule has 0 aromatic carbocycles. The minimum absolute atomic E-state index is 0.0727. The van der Waals surface area contributed by atoms with Crippen LogP contribution in [0.3, 0.4) is 0 Å². The molecule has 0 radical (unpaired) electrons. The molecule has 1 heterocycles. The van der Waals surface area contributed by atoms with Crippen LogP contribution in [0.4, 0.5) is 5.82 Å².